The molecule has 2 saturated carbocycles. The molecule has 33 heavy (non-hydrogen) atoms. The number of anilines is 1. The molecule has 3 N–H and O–H groups in total. The minimum absolute atomic E-state index is 0.123. The van der Waals surface area contributed by atoms with Crippen molar-refractivity contribution in [3.05, 3.63) is 29.6 Å². The van der Waals surface area contributed by atoms with Gasteiger partial charge in [-0.1, -0.05) is 38.5 Å². The summed E-state index contributed by atoms with van der Waals surface area (Å²) in [5.74, 6) is 0.767. The number of hydrazine groups is 1. The summed E-state index contributed by atoms with van der Waals surface area (Å²) in [4.78, 5) is 30.6. The molecule has 0 bridgehead atoms. The third-order valence-corrected chi connectivity index (χ3v) is 7.18. The fourth-order valence-corrected chi connectivity index (χ4v) is 5.29. The Morgan fingerprint density at radius 2 is 1.55 bits per heavy atom. The van der Waals surface area contributed by atoms with Gasteiger partial charge >= 0.3 is 12.1 Å². The first kappa shape index (κ1) is 23.4. The van der Waals surface area contributed by atoms with Crippen molar-refractivity contribution in [3.8, 4) is 17.0 Å². The molecule has 2 aliphatic carbocycles. The van der Waals surface area contributed by atoms with E-state index in [4.69, 9.17) is 4.74 Å². The van der Waals surface area contributed by atoms with Crippen LogP contribution in [-0.4, -0.2) is 36.2 Å². The lowest BCUT2D eigenvalue weighted by molar-refractivity contribution is 0.222. The molecule has 8 nitrogen and oxygen atoms in total. The Hall–Kier alpha value is -2.81. The lowest BCUT2D eigenvalue weighted by Gasteiger charge is -2.28. The maximum atomic E-state index is 13.2. The minimum Gasteiger partial charge on any atom is -0.497 e. The summed E-state index contributed by atoms with van der Waals surface area (Å²) in [5, 5.41) is 9.67. The van der Waals surface area contributed by atoms with Gasteiger partial charge in [-0.2, -0.15) is 5.01 Å². The van der Waals surface area contributed by atoms with E-state index in [1.165, 1.54) is 29.2 Å². The maximum absolute atomic E-state index is 13.2. The summed E-state index contributed by atoms with van der Waals surface area (Å²) >= 11 is 1.32. The van der Waals surface area contributed by atoms with Crippen LogP contribution in [0.4, 0.5) is 14.7 Å². The molecule has 1 aromatic heterocycles. The van der Waals surface area contributed by atoms with Crippen molar-refractivity contribution in [2.24, 2.45) is 0 Å². The van der Waals surface area contributed by atoms with Gasteiger partial charge in [-0.3, -0.25) is 0 Å². The number of methoxy groups -OCH3 is 1. The number of carbonyl (C=O) groups excluding carboxylic acids is 2. The van der Waals surface area contributed by atoms with E-state index in [9.17, 15) is 9.59 Å². The highest BCUT2D eigenvalue weighted by Gasteiger charge is 2.26. The monoisotopic (exact) mass is 471 g/mol. The van der Waals surface area contributed by atoms with Crippen LogP contribution in [-0.2, 0) is 0 Å². The highest BCUT2D eigenvalue weighted by molar-refractivity contribution is 7.14. The van der Waals surface area contributed by atoms with Gasteiger partial charge in [0.25, 0.3) is 0 Å². The van der Waals surface area contributed by atoms with E-state index in [1.807, 2.05) is 29.6 Å². The van der Waals surface area contributed by atoms with Crippen LogP contribution in [0, 0.1) is 0 Å². The Morgan fingerprint density at radius 1 is 0.939 bits per heavy atom. The smallest absolute Gasteiger partial charge is 0.343 e. The van der Waals surface area contributed by atoms with Gasteiger partial charge in [-0.15, -0.1) is 11.3 Å². The summed E-state index contributed by atoms with van der Waals surface area (Å²) in [6, 6.07) is 7.14. The van der Waals surface area contributed by atoms with Crippen LogP contribution in [0.5, 0.6) is 5.75 Å². The number of hydrogen-bond donors (Lipinski definition) is 3. The normalized spacial score (nSPS) is 17.2. The van der Waals surface area contributed by atoms with Crippen LogP contribution in [0.25, 0.3) is 11.3 Å². The van der Waals surface area contributed by atoms with E-state index in [2.05, 4.69) is 21.0 Å². The second kappa shape index (κ2) is 11.4. The van der Waals surface area contributed by atoms with Crippen LogP contribution < -0.4 is 25.8 Å². The van der Waals surface area contributed by atoms with Crippen LogP contribution in [0.1, 0.15) is 64.2 Å². The summed E-state index contributed by atoms with van der Waals surface area (Å²) in [6.45, 7) is 0. The largest absolute Gasteiger partial charge is 0.497 e. The Bertz CT molecular complexity index is 920. The molecule has 178 valence electrons. The molecule has 2 fully saturated rings. The molecule has 4 rings (SSSR count). The Labute approximate surface area is 199 Å². The highest BCUT2D eigenvalue weighted by Crippen LogP contribution is 2.28. The van der Waals surface area contributed by atoms with Gasteiger partial charge in [0.15, 0.2) is 0 Å². The van der Waals surface area contributed by atoms with Crippen molar-refractivity contribution >= 4 is 28.5 Å². The first-order chi connectivity index (χ1) is 16.1. The zero-order valence-electron chi connectivity index (χ0n) is 19.1. The molecule has 0 radical (unpaired) electrons. The third-order valence-electron chi connectivity index (χ3n) is 6.36. The average Bonchev–Trinajstić information content (AvgIpc) is 3.34. The van der Waals surface area contributed by atoms with Gasteiger partial charge < -0.3 is 15.4 Å². The van der Waals surface area contributed by atoms with Crippen LogP contribution >= 0.6 is 11.3 Å². The fraction of sp³-hybridized carbons (Fsp3) is 0.542. The first-order valence-corrected chi connectivity index (χ1v) is 12.8. The van der Waals surface area contributed by atoms with Crippen LogP contribution in [0.2, 0.25) is 0 Å². The molecule has 2 aliphatic rings. The SMILES string of the molecule is COc1ccc(-c2csc(N(NC(=O)NC3CCCCC3)C(=O)NC3CCCCC3)n2)cc1. The Kier molecular flexibility index (Phi) is 8.04. The Balaban J connectivity index is 1.49. The number of nitrogens with zero attached hydrogens (tertiary/aromatic N) is 2. The van der Waals surface area contributed by atoms with Crippen LogP contribution in [0.3, 0.4) is 0 Å². The minimum atomic E-state index is -0.373. The van der Waals surface area contributed by atoms with E-state index < -0.39 is 0 Å². The fourth-order valence-electron chi connectivity index (χ4n) is 4.50. The lowest BCUT2D eigenvalue weighted by Crippen LogP contribution is -2.57. The standard InChI is InChI=1S/C24H33N5O3S/c1-32-20-14-12-17(13-15-20)21-16-33-24(27-21)29(23(31)26-19-10-6-3-7-11-19)28-22(30)25-18-8-4-2-5-9-18/h12-16,18-19H,2-11H2,1H3,(H,26,31)(H2,25,28,30). The van der Waals surface area contributed by atoms with Crippen molar-refractivity contribution < 1.29 is 14.3 Å². The van der Waals surface area contributed by atoms with Gasteiger partial charge in [0.2, 0.25) is 5.13 Å². The second-order valence-corrected chi connectivity index (χ2v) is 9.62. The summed E-state index contributed by atoms with van der Waals surface area (Å²) in [7, 11) is 1.63. The van der Waals surface area contributed by atoms with Gasteiger partial charge in [0.1, 0.15) is 5.75 Å². The van der Waals surface area contributed by atoms with Gasteiger partial charge in [0.05, 0.1) is 12.8 Å². The van der Waals surface area contributed by atoms with Crippen LogP contribution in [0.15, 0.2) is 29.6 Å². The molecular formula is C24H33N5O3S. The van der Waals surface area contributed by atoms with E-state index >= 15 is 0 Å². The van der Waals surface area contributed by atoms with Crippen molar-refractivity contribution in [1.82, 2.24) is 21.0 Å². The second-order valence-electron chi connectivity index (χ2n) is 8.78. The molecule has 2 aromatic rings. The zero-order valence-corrected chi connectivity index (χ0v) is 20.0. The quantitative estimate of drug-likeness (QED) is 0.521. The van der Waals surface area contributed by atoms with Gasteiger partial charge in [-0.05, 0) is 49.9 Å². The van der Waals surface area contributed by atoms with E-state index in [1.54, 1.807) is 7.11 Å². The molecule has 1 aromatic carbocycles. The lowest BCUT2D eigenvalue weighted by atomic mass is 9.96. The molecule has 0 unspecified atom stereocenters. The predicted octanol–water partition coefficient (Wildman–Crippen LogP) is 5.21. The van der Waals surface area contributed by atoms with E-state index in [0.29, 0.717) is 5.13 Å². The number of urea groups is 2. The van der Waals surface area contributed by atoms with Gasteiger partial charge in [-0.25, -0.2) is 20.0 Å². The molecule has 0 atom stereocenters. The topological polar surface area (TPSA) is 95.6 Å². The number of carbonyl (C=O) groups is 2. The van der Waals surface area contributed by atoms with E-state index in [-0.39, 0.29) is 24.1 Å². The first-order valence-electron chi connectivity index (χ1n) is 11.9. The Morgan fingerprint density at radius 3 is 2.15 bits per heavy atom. The number of amides is 4. The number of ether oxygens (including phenoxy) is 1. The van der Waals surface area contributed by atoms with E-state index in [0.717, 1.165) is 68.4 Å². The predicted molar refractivity (Wildman–Crippen MR) is 131 cm³/mol. The molecule has 1 heterocycles. The molecule has 0 aliphatic heterocycles. The van der Waals surface area contributed by atoms with Gasteiger partial charge in [0, 0.05) is 23.0 Å². The average molecular weight is 472 g/mol. The zero-order chi connectivity index (χ0) is 23.0. The number of hydrogen-bond acceptors (Lipinski definition) is 5. The van der Waals surface area contributed by atoms with Crippen molar-refractivity contribution in [2.45, 2.75) is 76.3 Å². The number of rotatable bonds is 5. The number of benzene rings is 1. The molecule has 9 heteroatoms. The maximum Gasteiger partial charge on any atom is 0.343 e. The molecular weight excluding hydrogens is 438 g/mol. The van der Waals surface area contributed by atoms with Crippen molar-refractivity contribution in [2.75, 3.05) is 12.1 Å². The van der Waals surface area contributed by atoms with Crippen molar-refractivity contribution in [3.63, 3.8) is 0 Å². The summed E-state index contributed by atoms with van der Waals surface area (Å²) in [6.07, 6.45) is 10.7. The number of nitrogens with one attached hydrogen (secondary N) is 3. The highest BCUT2D eigenvalue weighted by atomic mass is 32.1. The molecule has 4 amide bonds. The summed E-state index contributed by atoms with van der Waals surface area (Å²) < 4.78 is 5.22. The molecule has 0 saturated heterocycles. The molecule has 0 spiro atoms. The summed E-state index contributed by atoms with van der Waals surface area (Å²) in [5.41, 5.74) is 4.41. The van der Waals surface area contributed by atoms with Crippen molar-refractivity contribution in [1.29, 1.82) is 0 Å². The number of thiazole rings is 1. The number of aromatic nitrogens is 1. The third kappa shape index (κ3) is 6.37.